The molecule has 0 aliphatic heterocycles. The highest BCUT2D eigenvalue weighted by Crippen LogP contribution is 2.32. The van der Waals surface area contributed by atoms with E-state index in [-0.39, 0.29) is 22.6 Å². The molecule has 1 atom stereocenters. The molecule has 0 bridgehead atoms. The number of nitrogens with one attached hydrogen (secondary N) is 2. The summed E-state index contributed by atoms with van der Waals surface area (Å²) in [5.74, 6) is 0.132. The van der Waals surface area contributed by atoms with Gasteiger partial charge in [0.05, 0.1) is 10.9 Å². The third kappa shape index (κ3) is 4.01. The van der Waals surface area contributed by atoms with Crippen molar-refractivity contribution in [2.24, 2.45) is 0 Å². The molecule has 8 nitrogen and oxygen atoms in total. The maximum absolute atomic E-state index is 12.5. The summed E-state index contributed by atoms with van der Waals surface area (Å²) < 4.78 is 27.3. The first-order valence-corrected chi connectivity index (χ1v) is 10.7. The molecule has 0 fully saturated rings. The summed E-state index contributed by atoms with van der Waals surface area (Å²) >= 11 is 0. The highest BCUT2D eigenvalue weighted by atomic mass is 32.2. The molecule has 4 aromatic rings. The van der Waals surface area contributed by atoms with Gasteiger partial charge in [0, 0.05) is 35.2 Å². The zero-order valence-corrected chi connectivity index (χ0v) is 16.8. The summed E-state index contributed by atoms with van der Waals surface area (Å²) in [5.41, 5.74) is 1.94. The molecule has 1 unspecified atom stereocenters. The molecule has 2 aromatic carbocycles. The van der Waals surface area contributed by atoms with E-state index in [2.05, 4.69) is 25.0 Å². The second-order valence-electron chi connectivity index (χ2n) is 6.65. The fraction of sp³-hybridized carbons (Fsp3) is 0.0952. The third-order valence-electron chi connectivity index (χ3n) is 4.58. The molecule has 2 heterocycles. The van der Waals surface area contributed by atoms with Crippen molar-refractivity contribution >= 4 is 32.6 Å². The van der Waals surface area contributed by atoms with E-state index in [1.54, 1.807) is 24.4 Å². The number of aromatic nitrogens is 3. The van der Waals surface area contributed by atoms with Crippen LogP contribution in [0, 0.1) is 0 Å². The average molecular weight is 421 g/mol. The van der Waals surface area contributed by atoms with Gasteiger partial charge in [0.2, 0.25) is 5.95 Å². The lowest BCUT2D eigenvalue weighted by Crippen LogP contribution is -2.15. The normalized spacial score (nSPS) is 12.4. The van der Waals surface area contributed by atoms with Crippen molar-refractivity contribution in [1.82, 2.24) is 15.0 Å². The van der Waals surface area contributed by atoms with Crippen molar-refractivity contribution in [1.29, 1.82) is 0 Å². The lowest BCUT2D eigenvalue weighted by Gasteiger charge is -2.18. The van der Waals surface area contributed by atoms with Crippen LogP contribution in [0.3, 0.4) is 0 Å². The Labute approximate surface area is 173 Å². The molecule has 4 rings (SSSR count). The Morgan fingerprint density at radius 1 is 0.900 bits per heavy atom. The van der Waals surface area contributed by atoms with Gasteiger partial charge in [-0.3, -0.25) is 4.98 Å². The van der Waals surface area contributed by atoms with Gasteiger partial charge >= 0.3 is 0 Å². The van der Waals surface area contributed by atoms with Gasteiger partial charge in [-0.05, 0) is 43.3 Å². The predicted octanol–water partition coefficient (Wildman–Crippen LogP) is 3.70. The molecule has 0 aliphatic carbocycles. The number of hydrogen-bond acceptors (Lipinski definition) is 7. The molecular weight excluding hydrogens is 402 g/mol. The Kier molecular flexibility index (Phi) is 5.20. The highest BCUT2D eigenvalue weighted by molar-refractivity contribution is 7.92. The number of pyridine rings is 1. The molecule has 3 N–H and O–H groups in total. The van der Waals surface area contributed by atoms with Crippen LogP contribution in [0.25, 0.3) is 10.9 Å². The van der Waals surface area contributed by atoms with Gasteiger partial charge in [0.25, 0.3) is 10.0 Å². The van der Waals surface area contributed by atoms with Crippen LogP contribution >= 0.6 is 0 Å². The van der Waals surface area contributed by atoms with Crippen LogP contribution in [0.4, 0.5) is 11.6 Å². The summed E-state index contributed by atoms with van der Waals surface area (Å²) in [6, 6.07) is 15.1. The van der Waals surface area contributed by atoms with Crippen molar-refractivity contribution < 1.29 is 13.5 Å². The standard InChI is InChI=1S/C21H19N5O3S/c1-14(18-10-5-15-4-2-11-22-19(15)20(18)27)25-16-6-8-17(9-7-16)30(28,29)26-21-23-12-3-13-24-21/h2-14,25,27H,1H3,(H,23,24,26). The van der Waals surface area contributed by atoms with E-state index in [0.29, 0.717) is 16.8 Å². The van der Waals surface area contributed by atoms with E-state index in [1.165, 1.54) is 24.5 Å². The molecule has 0 spiro atoms. The lowest BCUT2D eigenvalue weighted by molar-refractivity contribution is 0.470. The topological polar surface area (TPSA) is 117 Å². The van der Waals surface area contributed by atoms with Crippen molar-refractivity contribution in [3.8, 4) is 5.75 Å². The first-order valence-electron chi connectivity index (χ1n) is 9.17. The van der Waals surface area contributed by atoms with Crippen LogP contribution in [0.15, 0.2) is 78.1 Å². The number of nitrogens with zero attached hydrogens (tertiary/aromatic N) is 3. The molecule has 2 aromatic heterocycles. The van der Waals surface area contributed by atoms with Crippen molar-refractivity contribution in [2.75, 3.05) is 10.0 Å². The van der Waals surface area contributed by atoms with Gasteiger partial charge < -0.3 is 10.4 Å². The second-order valence-corrected chi connectivity index (χ2v) is 8.33. The average Bonchev–Trinajstić information content (AvgIpc) is 2.75. The molecule has 0 saturated carbocycles. The summed E-state index contributed by atoms with van der Waals surface area (Å²) in [6.07, 6.45) is 4.55. The lowest BCUT2D eigenvalue weighted by atomic mass is 10.0. The molecule has 152 valence electrons. The Morgan fingerprint density at radius 3 is 2.33 bits per heavy atom. The first kappa shape index (κ1) is 19.6. The molecular formula is C21H19N5O3S. The van der Waals surface area contributed by atoms with Crippen LogP contribution in [-0.2, 0) is 10.0 Å². The summed E-state index contributed by atoms with van der Waals surface area (Å²) in [6.45, 7) is 1.91. The zero-order chi connectivity index (χ0) is 21.1. The Balaban J connectivity index is 1.51. The van der Waals surface area contributed by atoms with Crippen LogP contribution in [0.1, 0.15) is 18.5 Å². The monoisotopic (exact) mass is 421 g/mol. The maximum Gasteiger partial charge on any atom is 0.264 e. The van der Waals surface area contributed by atoms with E-state index in [0.717, 1.165) is 5.39 Å². The van der Waals surface area contributed by atoms with Gasteiger partial charge in [-0.2, -0.15) is 0 Å². The van der Waals surface area contributed by atoms with Gasteiger partial charge in [-0.25, -0.2) is 23.1 Å². The van der Waals surface area contributed by atoms with Crippen molar-refractivity contribution in [2.45, 2.75) is 17.9 Å². The number of benzene rings is 2. The smallest absolute Gasteiger partial charge is 0.264 e. The highest BCUT2D eigenvalue weighted by Gasteiger charge is 2.17. The van der Waals surface area contributed by atoms with Crippen LogP contribution < -0.4 is 10.0 Å². The van der Waals surface area contributed by atoms with E-state index < -0.39 is 10.0 Å². The predicted molar refractivity (Wildman–Crippen MR) is 115 cm³/mol. The van der Waals surface area contributed by atoms with Gasteiger partial charge in [-0.1, -0.05) is 18.2 Å². The second kappa shape index (κ2) is 7.96. The van der Waals surface area contributed by atoms with Crippen LogP contribution in [0.2, 0.25) is 0 Å². The molecule has 0 radical (unpaired) electrons. The number of rotatable bonds is 6. The van der Waals surface area contributed by atoms with Gasteiger partial charge in [0.15, 0.2) is 0 Å². The van der Waals surface area contributed by atoms with Crippen LogP contribution in [-0.4, -0.2) is 28.5 Å². The molecule has 0 saturated heterocycles. The fourth-order valence-electron chi connectivity index (χ4n) is 3.08. The molecule has 9 heteroatoms. The fourth-order valence-corrected chi connectivity index (χ4v) is 4.04. The number of sulfonamides is 1. The Bertz CT molecular complexity index is 1280. The third-order valence-corrected chi connectivity index (χ3v) is 5.93. The van der Waals surface area contributed by atoms with E-state index in [4.69, 9.17) is 0 Å². The first-order chi connectivity index (χ1) is 14.4. The van der Waals surface area contributed by atoms with Crippen LogP contribution in [0.5, 0.6) is 5.75 Å². The Hall–Kier alpha value is -3.72. The Morgan fingerprint density at radius 2 is 1.60 bits per heavy atom. The van der Waals surface area contributed by atoms with Crippen molar-refractivity contribution in [3.05, 3.63) is 78.8 Å². The number of fused-ring (bicyclic) bond motifs is 1. The summed E-state index contributed by atoms with van der Waals surface area (Å²) in [5, 5.41) is 14.7. The minimum absolute atomic E-state index is 0.00807. The van der Waals surface area contributed by atoms with E-state index >= 15 is 0 Å². The summed E-state index contributed by atoms with van der Waals surface area (Å²) in [4.78, 5) is 12.1. The minimum Gasteiger partial charge on any atom is -0.505 e. The molecule has 0 amide bonds. The summed E-state index contributed by atoms with van der Waals surface area (Å²) in [7, 11) is -3.79. The number of aromatic hydroxyl groups is 1. The number of phenols is 1. The van der Waals surface area contributed by atoms with E-state index in [1.807, 2.05) is 31.2 Å². The van der Waals surface area contributed by atoms with Gasteiger partial charge in [-0.15, -0.1) is 0 Å². The quantitative estimate of drug-likeness (QED) is 0.434. The number of phenolic OH excluding ortho intramolecular Hbond substituents is 1. The number of anilines is 2. The molecule has 0 aliphatic rings. The maximum atomic E-state index is 12.5. The van der Waals surface area contributed by atoms with Crippen molar-refractivity contribution in [3.63, 3.8) is 0 Å². The minimum atomic E-state index is -3.79. The number of hydrogen-bond donors (Lipinski definition) is 3. The molecule has 30 heavy (non-hydrogen) atoms. The van der Waals surface area contributed by atoms with Gasteiger partial charge in [0.1, 0.15) is 11.3 Å². The van der Waals surface area contributed by atoms with E-state index in [9.17, 15) is 13.5 Å². The zero-order valence-electron chi connectivity index (χ0n) is 16.0. The largest absolute Gasteiger partial charge is 0.505 e. The SMILES string of the molecule is CC(Nc1ccc(S(=O)(=O)Nc2ncccn2)cc1)c1ccc2cccnc2c1O.